The van der Waals surface area contributed by atoms with Gasteiger partial charge in [0.1, 0.15) is 4.21 Å². The second kappa shape index (κ2) is 6.36. The first-order valence-corrected chi connectivity index (χ1v) is 8.64. The van der Waals surface area contributed by atoms with Gasteiger partial charge in [0.2, 0.25) is 0 Å². The smallest absolute Gasteiger partial charge is 0.273 e. The molecule has 0 radical (unpaired) electrons. The Morgan fingerprint density at radius 2 is 1.86 bits per heavy atom. The molecular formula is C14H17NO4S2. The Hall–Kier alpha value is -1.73. The summed E-state index contributed by atoms with van der Waals surface area (Å²) in [5.41, 5.74) is 0.545. The first kappa shape index (κ1) is 15.7. The van der Waals surface area contributed by atoms with Crippen molar-refractivity contribution in [3.8, 4) is 11.5 Å². The van der Waals surface area contributed by atoms with E-state index in [0.717, 1.165) is 0 Å². The van der Waals surface area contributed by atoms with Crippen molar-refractivity contribution in [3.63, 3.8) is 0 Å². The van der Waals surface area contributed by atoms with Crippen LogP contribution in [0.1, 0.15) is 6.92 Å². The van der Waals surface area contributed by atoms with Gasteiger partial charge in [-0.2, -0.15) is 0 Å². The molecule has 0 aliphatic carbocycles. The summed E-state index contributed by atoms with van der Waals surface area (Å²) in [6.07, 6.45) is 0. The van der Waals surface area contributed by atoms with Crippen molar-refractivity contribution in [3.05, 3.63) is 35.7 Å². The number of hydrogen-bond acceptors (Lipinski definition) is 5. The van der Waals surface area contributed by atoms with Crippen molar-refractivity contribution in [1.82, 2.24) is 0 Å². The van der Waals surface area contributed by atoms with Crippen molar-refractivity contribution in [2.24, 2.45) is 0 Å². The summed E-state index contributed by atoms with van der Waals surface area (Å²) >= 11 is 1.20. The largest absolute Gasteiger partial charge is 0.493 e. The number of sulfonamides is 1. The van der Waals surface area contributed by atoms with Crippen LogP contribution in [-0.2, 0) is 10.0 Å². The highest BCUT2D eigenvalue weighted by Crippen LogP contribution is 2.34. The van der Waals surface area contributed by atoms with Crippen LogP contribution in [-0.4, -0.2) is 29.2 Å². The van der Waals surface area contributed by atoms with E-state index in [2.05, 4.69) is 0 Å². The highest BCUT2D eigenvalue weighted by Gasteiger charge is 2.25. The molecule has 0 amide bonds. The van der Waals surface area contributed by atoms with E-state index >= 15 is 0 Å². The lowest BCUT2D eigenvalue weighted by molar-refractivity contribution is 0.355. The molecule has 1 heterocycles. The maximum absolute atomic E-state index is 12.6. The molecule has 0 bridgehead atoms. The van der Waals surface area contributed by atoms with Gasteiger partial charge in [-0.15, -0.1) is 11.3 Å². The van der Waals surface area contributed by atoms with E-state index in [-0.39, 0.29) is 0 Å². The summed E-state index contributed by atoms with van der Waals surface area (Å²) in [5.74, 6) is 1.06. The summed E-state index contributed by atoms with van der Waals surface area (Å²) in [5, 5.41) is 1.75. The van der Waals surface area contributed by atoms with Crippen LogP contribution in [0.15, 0.2) is 39.9 Å². The first-order valence-electron chi connectivity index (χ1n) is 6.32. The predicted molar refractivity (Wildman–Crippen MR) is 84.1 cm³/mol. The third-order valence-electron chi connectivity index (χ3n) is 2.98. The Balaban J connectivity index is 2.47. The van der Waals surface area contributed by atoms with Gasteiger partial charge < -0.3 is 9.47 Å². The normalized spacial score (nSPS) is 11.2. The Kier molecular flexibility index (Phi) is 4.74. The summed E-state index contributed by atoms with van der Waals surface area (Å²) < 4.78 is 37.4. The van der Waals surface area contributed by atoms with E-state index in [1.54, 1.807) is 42.6 Å². The van der Waals surface area contributed by atoms with Crippen molar-refractivity contribution in [1.29, 1.82) is 0 Å². The van der Waals surface area contributed by atoms with Gasteiger partial charge in [0.15, 0.2) is 11.5 Å². The molecule has 0 aliphatic heterocycles. The Morgan fingerprint density at radius 3 is 2.38 bits per heavy atom. The van der Waals surface area contributed by atoms with Crippen molar-refractivity contribution in [2.45, 2.75) is 11.1 Å². The fourth-order valence-electron chi connectivity index (χ4n) is 1.99. The molecule has 114 valence electrons. The van der Waals surface area contributed by atoms with Crippen molar-refractivity contribution in [2.75, 3.05) is 25.1 Å². The third-order valence-corrected chi connectivity index (χ3v) is 6.26. The topological polar surface area (TPSA) is 55.8 Å². The van der Waals surface area contributed by atoms with Crippen LogP contribution in [0.3, 0.4) is 0 Å². The number of hydrogen-bond donors (Lipinski definition) is 0. The molecule has 2 rings (SSSR count). The number of anilines is 1. The minimum absolute atomic E-state index is 0.319. The number of benzene rings is 1. The van der Waals surface area contributed by atoms with Gasteiger partial charge >= 0.3 is 0 Å². The maximum Gasteiger partial charge on any atom is 0.273 e. The average molecular weight is 327 g/mol. The lowest BCUT2D eigenvalue weighted by Gasteiger charge is -2.23. The van der Waals surface area contributed by atoms with Crippen LogP contribution < -0.4 is 13.8 Å². The molecule has 0 unspecified atom stereocenters. The number of nitrogens with zero attached hydrogens (tertiary/aromatic N) is 1. The maximum atomic E-state index is 12.6. The van der Waals surface area contributed by atoms with Crippen molar-refractivity contribution >= 4 is 27.0 Å². The molecule has 0 N–H and O–H groups in total. The van der Waals surface area contributed by atoms with E-state index in [1.165, 1.54) is 29.9 Å². The molecule has 2 aromatic rings. The van der Waals surface area contributed by atoms with Gasteiger partial charge in [0, 0.05) is 12.6 Å². The number of rotatable bonds is 6. The molecule has 0 atom stereocenters. The summed E-state index contributed by atoms with van der Waals surface area (Å²) in [6, 6.07) is 8.38. The molecule has 0 fully saturated rings. The van der Waals surface area contributed by atoms with E-state index < -0.39 is 10.0 Å². The molecule has 21 heavy (non-hydrogen) atoms. The lowest BCUT2D eigenvalue weighted by Crippen LogP contribution is -2.30. The molecule has 1 aromatic heterocycles. The molecule has 5 nitrogen and oxygen atoms in total. The van der Waals surface area contributed by atoms with Gasteiger partial charge in [0.05, 0.1) is 19.9 Å². The highest BCUT2D eigenvalue weighted by molar-refractivity contribution is 7.94. The molecule has 0 aliphatic rings. The van der Waals surface area contributed by atoms with Gasteiger partial charge in [-0.25, -0.2) is 8.42 Å². The Bertz CT molecular complexity index is 696. The van der Waals surface area contributed by atoms with Crippen LogP contribution in [0, 0.1) is 0 Å². The van der Waals surface area contributed by atoms with Gasteiger partial charge in [-0.1, -0.05) is 6.07 Å². The van der Waals surface area contributed by atoms with Crippen LogP contribution >= 0.6 is 11.3 Å². The number of ether oxygens (including phenoxy) is 2. The first-order chi connectivity index (χ1) is 10.0. The van der Waals surface area contributed by atoms with Gasteiger partial charge in [-0.3, -0.25) is 4.31 Å². The van der Waals surface area contributed by atoms with E-state index in [4.69, 9.17) is 9.47 Å². The fourth-order valence-corrected chi connectivity index (χ4v) is 4.56. The molecular weight excluding hydrogens is 310 g/mol. The molecule has 0 spiro atoms. The number of thiophene rings is 1. The third kappa shape index (κ3) is 2.98. The van der Waals surface area contributed by atoms with Crippen LogP contribution in [0.2, 0.25) is 0 Å². The summed E-state index contributed by atoms with van der Waals surface area (Å²) in [7, 11) is -0.491. The molecule has 0 saturated carbocycles. The van der Waals surface area contributed by atoms with Gasteiger partial charge in [0.25, 0.3) is 10.0 Å². The average Bonchev–Trinajstić information content (AvgIpc) is 3.02. The fraction of sp³-hybridized carbons (Fsp3) is 0.286. The SMILES string of the molecule is CCN(c1ccc(OC)c(OC)c1)S(=O)(=O)c1cccs1. The molecule has 1 aromatic carbocycles. The predicted octanol–water partition coefficient (Wildman–Crippen LogP) is 2.98. The zero-order valence-electron chi connectivity index (χ0n) is 12.1. The minimum atomic E-state index is -3.55. The number of methoxy groups -OCH3 is 2. The second-order valence-electron chi connectivity index (χ2n) is 4.14. The molecule has 7 heteroatoms. The Morgan fingerprint density at radius 1 is 1.14 bits per heavy atom. The van der Waals surface area contributed by atoms with E-state index in [9.17, 15) is 8.42 Å². The van der Waals surface area contributed by atoms with Gasteiger partial charge in [-0.05, 0) is 30.5 Å². The van der Waals surface area contributed by atoms with Crippen molar-refractivity contribution < 1.29 is 17.9 Å². The minimum Gasteiger partial charge on any atom is -0.493 e. The quantitative estimate of drug-likeness (QED) is 0.818. The molecule has 0 saturated heterocycles. The second-order valence-corrected chi connectivity index (χ2v) is 7.18. The van der Waals surface area contributed by atoms with E-state index in [1.807, 2.05) is 0 Å². The highest BCUT2D eigenvalue weighted by atomic mass is 32.2. The van der Waals surface area contributed by atoms with Crippen LogP contribution in [0.5, 0.6) is 11.5 Å². The monoisotopic (exact) mass is 327 g/mol. The zero-order chi connectivity index (χ0) is 15.5. The summed E-state index contributed by atoms with van der Waals surface area (Å²) in [4.78, 5) is 0. The zero-order valence-corrected chi connectivity index (χ0v) is 13.7. The van der Waals surface area contributed by atoms with Crippen LogP contribution in [0.4, 0.5) is 5.69 Å². The van der Waals surface area contributed by atoms with Crippen LogP contribution in [0.25, 0.3) is 0 Å². The van der Waals surface area contributed by atoms with E-state index in [0.29, 0.717) is 27.9 Å². The summed E-state index contributed by atoms with van der Waals surface area (Å²) in [6.45, 7) is 2.12. The lowest BCUT2D eigenvalue weighted by atomic mass is 10.2. The Labute approximate surface area is 128 Å². The standard InChI is InChI=1S/C14H17NO4S2/c1-4-15(21(16,17)14-6-5-9-20-14)11-7-8-12(18-2)13(10-11)19-3/h5-10H,4H2,1-3H3.